The molecule has 3 rings (SSSR count). The molecular weight excluding hydrogens is 344 g/mol. The SMILES string of the molecule is COC(=O)c1ccc(COC(=O)Cn2[nH]c(=O)c3ccccc3c2=O)o1. The van der Waals surface area contributed by atoms with E-state index in [1.54, 1.807) is 12.1 Å². The standard InChI is InChI=1S/C17H14N2O7/c1-24-17(23)13-7-6-10(26-13)9-25-14(20)8-19-16(22)12-5-3-2-4-11(12)15(21)18-19/h2-7H,8-9H2,1H3,(H,18,21). The zero-order valence-electron chi connectivity index (χ0n) is 13.7. The van der Waals surface area contributed by atoms with E-state index >= 15 is 0 Å². The van der Waals surface area contributed by atoms with E-state index in [4.69, 9.17) is 9.15 Å². The summed E-state index contributed by atoms with van der Waals surface area (Å²) in [7, 11) is 1.21. The van der Waals surface area contributed by atoms with Gasteiger partial charge in [0.05, 0.1) is 17.9 Å². The van der Waals surface area contributed by atoms with Gasteiger partial charge in [0.15, 0.2) is 0 Å². The quantitative estimate of drug-likeness (QED) is 0.670. The van der Waals surface area contributed by atoms with E-state index in [1.165, 1.54) is 31.4 Å². The summed E-state index contributed by atoms with van der Waals surface area (Å²) < 4.78 is 15.5. The first-order valence-electron chi connectivity index (χ1n) is 7.54. The van der Waals surface area contributed by atoms with E-state index in [0.29, 0.717) is 0 Å². The Bertz CT molecular complexity index is 1090. The molecule has 0 saturated carbocycles. The third-order valence-electron chi connectivity index (χ3n) is 3.59. The maximum atomic E-state index is 12.3. The van der Waals surface area contributed by atoms with E-state index in [0.717, 1.165) is 4.68 Å². The molecule has 9 heteroatoms. The minimum atomic E-state index is -0.756. The van der Waals surface area contributed by atoms with Crippen molar-refractivity contribution in [3.63, 3.8) is 0 Å². The van der Waals surface area contributed by atoms with Crippen molar-refractivity contribution in [2.75, 3.05) is 7.11 Å². The highest BCUT2D eigenvalue weighted by atomic mass is 16.6. The Morgan fingerprint density at radius 3 is 2.58 bits per heavy atom. The molecule has 0 amide bonds. The number of fused-ring (bicyclic) bond motifs is 1. The van der Waals surface area contributed by atoms with Crippen LogP contribution in [0.3, 0.4) is 0 Å². The first-order chi connectivity index (χ1) is 12.5. The Morgan fingerprint density at radius 2 is 1.85 bits per heavy atom. The van der Waals surface area contributed by atoms with Gasteiger partial charge >= 0.3 is 11.9 Å². The molecule has 26 heavy (non-hydrogen) atoms. The fraction of sp³-hybridized carbons (Fsp3) is 0.176. The lowest BCUT2D eigenvalue weighted by Gasteiger charge is -2.07. The average Bonchev–Trinajstić information content (AvgIpc) is 3.13. The van der Waals surface area contributed by atoms with Gasteiger partial charge in [-0.1, -0.05) is 12.1 Å². The largest absolute Gasteiger partial charge is 0.463 e. The number of carbonyl (C=O) groups excluding carboxylic acids is 2. The summed E-state index contributed by atoms with van der Waals surface area (Å²) in [4.78, 5) is 47.5. The van der Waals surface area contributed by atoms with Gasteiger partial charge in [-0.25, -0.2) is 9.48 Å². The lowest BCUT2D eigenvalue weighted by atomic mass is 10.2. The highest BCUT2D eigenvalue weighted by Crippen LogP contribution is 2.10. The van der Waals surface area contributed by atoms with Crippen LogP contribution in [0.5, 0.6) is 0 Å². The fourth-order valence-corrected chi connectivity index (χ4v) is 2.35. The number of nitrogens with zero attached hydrogens (tertiary/aromatic N) is 1. The molecule has 0 spiro atoms. The Kier molecular flexibility index (Phi) is 4.70. The summed E-state index contributed by atoms with van der Waals surface area (Å²) in [5.41, 5.74) is -0.995. The van der Waals surface area contributed by atoms with E-state index in [1.807, 2.05) is 0 Å². The number of aromatic nitrogens is 2. The Labute approximate surface area is 145 Å². The van der Waals surface area contributed by atoms with Crippen LogP contribution in [0, 0.1) is 0 Å². The Hall–Kier alpha value is -3.62. The number of esters is 2. The summed E-state index contributed by atoms with van der Waals surface area (Å²) in [6, 6.07) is 9.15. The molecule has 9 nitrogen and oxygen atoms in total. The number of ether oxygens (including phenoxy) is 2. The highest BCUT2D eigenvalue weighted by Gasteiger charge is 2.14. The van der Waals surface area contributed by atoms with Crippen molar-refractivity contribution in [3.05, 3.63) is 68.6 Å². The monoisotopic (exact) mass is 358 g/mol. The molecule has 0 aliphatic heterocycles. The lowest BCUT2D eigenvalue weighted by Crippen LogP contribution is -2.32. The maximum Gasteiger partial charge on any atom is 0.373 e. The number of nitrogens with one attached hydrogen (secondary N) is 1. The molecule has 0 aliphatic rings. The molecule has 0 atom stereocenters. The topological polar surface area (TPSA) is 121 Å². The Morgan fingerprint density at radius 1 is 1.12 bits per heavy atom. The van der Waals surface area contributed by atoms with Gasteiger partial charge in [0.25, 0.3) is 11.1 Å². The van der Waals surface area contributed by atoms with E-state index in [9.17, 15) is 19.2 Å². The van der Waals surface area contributed by atoms with Crippen molar-refractivity contribution in [3.8, 4) is 0 Å². The van der Waals surface area contributed by atoms with Gasteiger partial charge in [-0.3, -0.25) is 19.5 Å². The molecule has 1 aromatic carbocycles. The molecule has 134 valence electrons. The molecule has 2 aromatic heterocycles. The van der Waals surface area contributed by atoms with Crippen LogP contribution in [0.4, 0.5) is 0 Å². The predicted octanol–water partition coefficient (Wildman–Crippen LogP) is 0.813. The number of carbonyl (C=O) groups is 2. The summed E-state index contributed by atoms with van der Waals surface area (Å²) in [5, 5.41) is 2.79. The van der Waals surface area contributed by atoms with Gasteiger partial charge in [0.1, 0.15) is 18.9 Å². The third kappa shape index (κ3) is 3.41. The third-order valence-corrected chi connectivity index (χ3v) is 3.59. The van der Waals surface area contributed by atoms with Crippen LogP contribution in [-0.4, -0.2) is 28.8 Å². The molecule has 0 fully saturated rings. The minimum Gasteiger partial charge on any atom is -0.463 e. The number of H-pyrrole nitrogens is 1. The van der Waals surface area contributed by atoms with Crippen LogP contribution >= 0.6 is 0 Å². The van der Waals surface area contributed by atoms with E-state index in [-0.39, 0.29) is 28.9 Å². The fourth-order valence-electron chi connectivity index (χ4n) is 2.35. The van der Waals surface area contributed by atoms with Crippen LogP contribution in [-0.2, 0) is 27.4 Å². The van der Waals surface area contributed by atoms with Crippen LogP contribution < -0.4 is 11.1 Å². The van der Waals surface area contributed by atoms with Crippen molar-refractivity contribution in [1.82, 2.24) is 9.78 Å². The second-order valence-electron chi connectivity index (χ2n) is 5.30. The predicted molar refractivity (Wildman–Crippen MR) is 88.7 cm³/mol. The van der Waals surface area contributed by atoms with Gasteiger partial charge < -0.3 is 13.9 Å². The smallest absolute Gasteiger partial charge is 0.373 e. The molecule has 3 aromatic rings. The summed E-state index contributed by atoms with van der Waals surface area (Å²) in [6.07, 6.45) is 0. The number of rotatable bonds is 5. The van der Waals surface area contributed by atoms with Crippen LogP contribution in [0.2, 0.25) is 0 Å². The number of furan rings is 1. The van der Waals surface area contributed by atoms with Crippen molar-refractivity contribution < 1.29 is 23.5 Å². The van der Waals surface area contributed by atoms with Crippen molar-refractivity contribution in [2.45, 2.75) is 13.2 Å². The van der Waals surface area contributed by atoms with Crippen molar-refractivity contribution in [1.29, 1.82) is 0 Å². The van der Waals surface area contributed by atoms with Gasteiger partial charge in [-0.15, -0.1) is 0 Å². The van der Waals surface area contributed by atoms with Gasteiger partial charge in [0.2, 0.25) is 5.76 Å². The number of benzene rings is 1. The zero-order valence-corrected chi connectivity index (χ0v) is 13.7. The summed E-state index contributed by atoms with van der Waals surface area (Å²) >= 11 is 0. The maximum absolute atomic E-state index is 12.3. The van der Waals surface area contributed by atoms with E-state index < -0.39 is 29.6 Å². The molecule has 0 unspecified atom stereocenters. The van der Waals surface area contributed by atoms with Crippen LogP contribution in [0.1, 0.15) is 16.3 Å². The second kappa shape index (κ2) is 7.09. The first-order valence-corrected chi connectivity index (χ1v) is 7.54. The number of methoxy groups -OCH3 is 1. The number of hydrogen-bond acceptors (Lipinski definition) is 7. The zero-order chi connectivity index (χ0) is 18.7. The normalized spacial score (nSPS) is 10.7. The molecule has 0 bridgehead atoms. The summed E-state index contributed by atoms with van der Waals surface area (Å²) in [5.74, 6) is -1.19. The molecule has 0 aliphatic carbocycles. The van der Waals surface area contributed by atoms with Gasteiger partial charge in [-0.05, 0) is 24.3 Å². The van der Waals surface area contributed by atoms with Gasteiger partial charge in [0, 0.05) is 0 Å². The van der Waals surface area contributed by atoms with Gasteiger partial charge in [-0.2, -0.15) is 0 Å². The van der Waals surface area contributed by atoms with Crippen molar-refractivity contribution >= 4 is 22.7 Å². The van der Waals surface area contributed by atoms with Crippen molar-refractivity contribution in [2.24, 2.45) is 0 Å². The molecule has 0 radical (unpaired) electrons. The molecule has 1 N–H and O–H groups in total. The molecule has 0 saturated heterocycles. The second-order valence-corrected chi connectivity index (χ2v) is 5.30. The number of aromatic amines is 1. The molecular formula is C17H14N2O7. The Balaban J connectivity index is 1.71. The first kappa shape index (κ1) is 17.2. The number of hydrogen-bond donors (Lipinski definition) is 1. The lowest BCUT2D eigenvalue weighted by molar-refractivity contribution is -0.146. The van der Waals surface area contributed by atoms with E-state index in [2.05, 4.69) is 9.84 Å². The van der Waals surface area contributed by atoms with Crippen LogP contribution in [0.25, 0.3) is 10.8 Å². The minimum absolute atomic E-state index is 0.0198. The summed E-state index contributed by atoms with van der Waals surface area (Å²) in [6.45, 7) is -0.703. The highest BCUT2D eigenvalue weighted by molar-refractivity contribution is 5.86. The average molecular weight is 358 g/mol. The molecule has 2 heterocycles. The van der Waals surface area contributed by atoms with Crippen LogP contribution in [0.15, 0.2) is 50.4 Å².